The van der Waals surface area contributed by atoms with Gasteiger partial charge in [0.2, 0.25) is 23.6 Å². The van der Waals surface area contributed by atoms with E-state index in [4.69, 9.17) is 11.5 Å². The van der Waals surface area contributed by atoms with Gasteiger partial charge < -0.3 is 32.1 Å². The molecule has 1 aliphatic heterocycles. The molecule has 7 N–H and O–H groups in total. The summed E-state index contributed by atoms with van der Waals surface area (Å²) in [5, 5.41) is 14.7. The number of amides is 4. The molecule has 4 amide bonds. The minimum atomic E-state index is -1.14. The van der Waals surface area contributed by atoms with Gasteiger partial charge >= 0.3 is 5.97 Å². The molecule has 1 saturated heterocycles. The lowest BCUT2D eigenvalue weighted by Gasteiger charge is -2.30. The SMILES string of the molecule is CCC(C)C(NC(=O)C1CCCN1C(=O)C(N)CCC(N)=O)C(=O)NC(CCSC)C(=O)O. The predicted octanol–water partition coefficient (Wildman–Crippen LogP) is -0.576. The van der Waals surface area contributed by atoms with Crippen LogP contribution in [0.5, 0.6) is 0 Å². The van der Waals surface area contributed by atoms with Crippen molar-refractivity contribution < 1.29 is 29.1 Å². The number of nitrogens with one attached hydrogen (secondary N) is 2. The first-order chi connectivity index (χ1) is 15.5. The fourth-order valence-corrected chi connectivity index (χ4v) is 4.11. The van der Waals surface area contributed by atoms with E-state index in [9.17, 15) is 29.1 Å². The van der Waals surface area contributed by atoms with Crippen LogP contribution < -0.4 is 22.1 Å². The molecule has 0 radical (unpaired) electrons. The van der Waals surface area contributed by atoms with Gasteiger partial charge in [0.15, 0.2) is 0 Å². The fourth-order valence-electron chi connectivity index (χ4n) is 3.64. The number of primary amides is 1. The maximum Gasteiger partial charge on any atom is 0.326 e. The Labute approximate surface area is 198 Å². The molecule has 0 saturated carbocycles. The molecule has 5 unspecified atom stereocenters. The number of nitrogens with two attached hydrogens (primary N) is 2. The Morgan fingerprint density at radius 2 is 1.85 bits per heavy atom. The van der Waals surface area contributed by atoms with Gasteiger partial charge in [-0.15, -0.1) is 0 Å². The number of nitrogens with zero attached hydrogens (tertiary/aromatic N) is 1. The number of rotatable bonds is 14. The third kappa shape index (κ3) is 8.84. The van der Waals surface area contributed by atoms with E-state index in [0.29, 0.717) is 31.6 Å². The van der Waals surface area contributed by atoms with Gasteiger partial charge in [-0.25, -0.2) is 4.79 Å². The second kappa shape index (κ2) is 14.0. The Morgan fingerprint density at radius 3 is 2.39 bits per heavy atom. The van der Waals surface area contributed by atoms with Gasteiger partial charge in [-0.3, -0.25) is 19.2 Å². The van der Waals surface area contributed by atoms with Crippen molar-refractivity contribution in [1.29, 1.82) is 0 Å². The van der Waals surface area contributed by atoms with Crippen molar-refractivity contribution in [3.05, 3.63) is 0 Å². The summed E-state index contributed by atoms with van der Waals surface area (Å²) in [5.41, 5.74) is 11.0. The Bertz CT molecular complexity index is 721. The van der Waals surface area contributed by atoms with Gasteiger partial charge in [0.05, 0.1) is 6.04 Å². The van der Waals surface area contributed by atoms with E-state index in [1.807, 2.05) is 13.2 Å². The molecule has 12 heteroatoms. The number of thioether (sulfide) groups is 1. The van der Waals surface area contributed by atoms with Gasteiger partial charge in [0.1, 0.15) is 18.1 Å². The normalized spacial score (nSPS) is 19.3. The predicted molar refractivity (Wildman–Crippen MR) is 125 cm³/mol. The van der Waals surface area contributed by atoms with Crippen molar-refractivity contribution in [2.24, 2.45) is 17.4 Å². The molecule has 188 valence electrons. The second-order valence-electron chi connectivity index (χ2n) is 8.35. The lowest BCUT2D eigenvalue weighted by atomic mass is 9.97. The molecular formula is C21H37N5O6S. The van der Waals surface area contributed by atoms with Crippen LogP contribution in [0.3, 0.4) is 0 Å². The minimum absolute atomic E-state index is 0.0326. The number of aliphatic carboxylic acids is 1. The lowest BCUT2D eigenvalue weighted by molar-refractivity contribution is -0.143. The Hall–Kier alpha value is -2.34. The summed E-state index contributed by atoms with van der Waals surface area (Å²) in [7, 11) is 0. The van der Waals surface area contributed by atoms with Crippen LogP contribution in [0, 0.1) is 5.92 Å². The average Bonchev–Trinajstić information content (AvgIpc) is 3.26. The summed E-state index contributed by atoms with van der Waals surface area (Å²) in [6.45, 7) is 4.00. The molecule has 0 aromatic heterocycles. The lowest BCUT2D eigenvalue weighted by Crippen LogP contribution is -2.58. The molecule has 1 aliphatic rings. The van der Waals surface area contributed by atoms with Gasteiger partial charge in [-0.1, -0.05) is 20.3 Å². The van der Waals surface area contributed by atoms with Crippen LogP contribution in [0.15, 0.2) is 0 Å². The molecule has 5 atom stereocenters. The zero-order chi connectivity index (χ0) is 25.1. The van der Waals surface area contributed by atoms with Crippen molar-refractivity contribution in [2.75, 3.05) is 18.6 Å². The van der Waals surface area contributed by atoms with Crippen LogP contribution in [0.25, 0.3) is 0 Å². The molecule has 0 aliphatic carbocycles. The van der Waals surface area contributed by atoms with Gasteiger partial charge in [0.25, 0.3) is 0 Å². The molecular weight excluding hydrogens is 450 g/mol. The van der Waals surface area contributed by atoms with Gasteiger partial charge in [0, 0.05) is 13.0 Å². The first kappa shape index (κ1) is 28.7. The third-order valence-electron chi connectivity index (χ3n) is 5.88. The largest absolute Gasteiger partial charge is 0.480 e. The average molecular weight is 488 g/mol. The monoisotopic (exact) mass is 487 g/mol. The molecule has 1 rings (SSSR count). The highest BCUT2D eigenvalue weighted by Gasteiger charge is 2.38. The maximum atomic E-state index is 13.1. The number of carboxylic acids is 1. The molecule has 1 heterocycles. The van der Waals surface area contributed by atoms with Crippen LogP contribution in [0.1, 0.15) is 52.4 Å². The van der Waals surface area contributed by atoms with E-state index in [1.54, 1.807) is 6.92 Å². The van der Waals surface area contributed by atoms with Crippen molar-refractivity contribution in [3.8, 4) is 0 Å². The zero-order valence-corrected chi connectivity index (χ0v) is 20.4. The Kier molecular flexibility index (Phi) is 12.2. The summed E-state index contributed by atoms with van der Waals surface area (Å²) >= 11 is 1.47. The van der Waals surface area contributed by atoms with Gasteiger partial charge in [-0.2, -0.15) is 11.8 Å². The van der Waals surface area contributed by atoms with E-state index >= 15 is 0 Å². The van der Waals surface area contributed by atoms with Crippen LogP contribution in [-0.2, 0) is 24.0 Å². The topological polar surface area (TPSA) is 185 Å². The number of carboxylic acid groups (broad SMARTS) is 1. The molecule has 0 bridgehead atoms. The molecule has 33 heavy (non-hydrogen) atoms. The summed E-state index contributed by atoms with van der Waals surface area (Å²) in [4.78, 5) is 62.6. The van der Waals surface area contributed by atoms with Crippen LogP contribution >= 0.6 is 11.8 Å². The zero-order valence-electron chi connectivity index (χ0n) is 19.5. The second-order valence-corrected chi connectivity index (χ2v) is 9.34. The summed E-state index contributed by atoms with van der Waals surface area (Å²) in [6.07, 6.45) is 3.75. The molecule has 0 aromatic carbocycles. The molecule has 1 fully saturated rings. The van der Waals surface area contributed by atoms with Crippen molar-refractivity contribution in [2.45, 2.75) is 76.5 Å². The molecule has 0 spiro atoms. The number of hydrogen-bond acceptors (Lipinski definition) is 7. The van der Waals surface area contributed by atoms with Crippen LogP contribution in [-0.4, -0.2) is 82.3 Å². The van der Waals surface area contributed by atoms with E-state index in [2.05, 4.69) is 10.6 Å². The van der Waals surface area contributed by atoms with Gasteiger partial charge in [-0.05, 0) is 43.6 Å². The maximum absolute atomic E-state index is 13.1. The summed E-state index contributed by atoms with van der Waals surface area (Å²) in [5.74, 6) is -2.89. The number of carbonyl (C=O) groups excluding carboxylic acids is 4. The minimum Gasteiger partial charge on any atom is -0.480 e. The quantitative estimate of drug-likeness (QED) is 0.215. The first-order valence-electron chi connectivity index (χ1n) is 11.2. The number of likely N-dealkylation sites (tertiary alicyclic amines) is 1. The third-order valence-corrected chi connectivity index (χ3v) is 6.52. The standard InChI is InChI=1S/C21H37N5O6S/c1-4-12(2)17(19(29)24-14(21(31)32)9-11-33-3)25-18(28)15-6-5-10-26(15)20(30)13(22)7-8-16(23)27/h12-15,17H,4-11,22H2,1-3H3,(H2,23,27)(H,24,29)(H,25,28)(H,31,32). The first-order valence-corrected chi connectivity index (χ1v) is 12.6. The van der Waals surface area contributed by atoms with Crippen LogP contribution in [0.4, 0.5) is 0 Å². The Balaban J connectivity index is 2.90. The van der Waals surface area contributed by atoms with E-state index < -0.39 is 53.8 Å². The van der Waals surface area contributed by atoms with Crippen LogP contribution in [0.2, 0.25) is 0 Å². The Morgan fingerprint density at radius 1 is 1.18 bits per heavy atom. The summed E-state index contributed by atoms with van der Waals surface area (Å²) in [6, 6.07) is -3.74. The smallest absolute Gasteiger partial charge is 0.326 e. The van der Waals surface area contributed by atoms with E-state index in [1.165, 1.54) is 16.7 Å². The van der Waals surface area contributed by atoms with Crippen molar-refractivity contribution in [1.82, 2.24) is 15.5 Å². The highest BCUT2D eigenvalue weighted by atomic mass is 32.2. The fraction of sp³-hybridized carbons (Fsp3) is 0.762. The number of carbonyl (C=O) groups is 5. The number of hydrogen-bond donors (Lipinski definition) is 5. The summed E-state index contributed by atoms with van der Waals surface area (Å²) < 4.78 is 0. The van der Waals surface area contributed by atoms with Crippen molar-refractivity contribution >= 4 is 41.4 Å². The molecule has 11 nitrogen and oxygen atoms in total. The van der Waals surface area contributed by atoms with Crippen molar-refractivity contribution in [3.63, 3.8) is 0 Å². The van der Waals surface area contributed by atoms with E-state index in [0.717, 1.165) is 0 Å². The highest BCUT2D eigenvalue weighted by molar-refractivity contribution is 7.98. The highest BCUT2D eigenvalue weighted by Crippen LogP contribution is 2.20. The van der Waals surface area contributed by atoms with E-state index in [-0.39, 0.29) is 25.2 Å². The molecule has 0 aromatic rings.